The number of benzene rings is 3. The summed E-state index contributed by atoms with van der Waals surface area (Å²) in [6, 6.07) is 17.2. The third-order valence-corrected chi connectivity index (χ3v) is 7.50. The summed E-state index contributed by atoms with van der Waals surface area (Å²) in [4.78, 5) is 1.81. The fourth-order valence-electron chi connectivity index (χ4n) is 4.49. The highest BCUT2D eigenvalue weighted by Gasteiger charge is 2.53. The molecule has 0 saturated carbocycles. The standard InChI is InChI=1S/C30H35BF3NO4/c1-28(2)29(3,4)39-31(38-28)25-17-27(26(32)16-24(25)30(5,33)34)35(18-20-8-12-22(36-6)13-9-20)19-21-10-14-23(37-7)15-11-21/h8-17H,18-19H2,1-7H3. The molecule has 1 fully saturated rings. The lowest BCUT2D eigenvalue weighted by Crippen LogP contribution is -2.41. The Kier molecular flexibility index (Phi) is 7.97. The molecule has 0 bridgehead atoms. The van der Waals surface area contributed by atoms with Crippen molar-refractivity contribution in [3.8, 4) is 11.5 Å². The third kappa shape index (κ3) is 6.20. The summed E-state index contributed by atoms with van der Waals surface area (Å²) in [5, 5.41) is 0. The first-order valence-electron chi connectivity index (χ1n) is 12.8. The molecule has 0 aromatic heterocycles. The second-order valence-corrected chi connectivity index (χ2v) is 10.9. The van der Waals surface area contributed by atoms with Crippen molar-refractivity contribution < 1.29 is 32.0 Å². The zero-order chi connectivity index (χ0) is 28.6. The summed E-state index contributed by atoms with van der Waals surface area (Å²) >= 11 is 0. The lowest BCUT2D eigenvalue weighted by atomic mass is 9.74. The van der Waals surface area contributed by atoms with Crippen LogP contribution < -0.4 is 19.8 Å². The average Bonchev–Trinajstić information content (AvgIpc) is 3.10. The number of nitrogens with zero attached hydrogens (tertiary/aromatic N) is 1. The minimum Gasteiger partial charge on any atom is -0.497 e. The van der Waals surface area contributed by atoms with Crippen LogP contribution in [-0.2, 0) is 28.3 Å². The Labute approximate surface area is 229 Å². The van der Waals surface area contributed by atoms with Gasteiger partial charge >= 0.3 is 7.12 Å². The number of anilines is 1. The van der Waals surface area contributed by atoms with Crippen molar-refractivity contribution in [1.29, 1.82) is 0 Å². The SMILES string of the molecule is COc1ccc(CN(Cc2ccc(OC)cc2)c2cc(B3OC(C)(C)C(C)(C)O3)c(C(C)(F)F)cc2F)cc1. The summed E-state index contributed by atoms with van der Waals surface area (Å²) < 4.78 is 68.1. The molecule has 1 saturated heterocycles. The van der Waals surface area contributed by atoms with Gasteiger partial charge in [-0.25, -0.2) is 13.2 Å². The fraction of sp³-hybridized carbons (Fsp3) is 0.400. The van der Waals surface area contributed by atoms with E-state index in [0.29, 0.717) is 24.6 Å². The molecule has 0 amide bonds. The molecule has 0 aliphatic carbocycles. The molecule has 0 spiro atoms. The van der Waals surface area contributed by atoms with Crippen molar-refractivity contribution >= 4 is 18.3 Å². The maximum atomic E-state index is 15.7. The van der Waals surface area contributed by atoms with Gasteiger partial charge in [0.1, 0.15) is 17.3 Å². The molecule has 0 N–H and O–H groups in total. The quantitative estimate of drug-likeness (QED) is 0.291. The highest BCUT2D eigenvalue weighted by atomic mass is 19.3. The zero-order valence-corrected chi connectivity index (χ0v) is 23.5. The first kappa shape index (κ1) is 28.8. The first-order valence-corrected chi connectivity index (χ1v) is 12.8. The number of halogens is 3. The normalized spacial score (nSPS) is 16.3. The molecule has 3 aromatic carbocycles. The van der Waals surface area contributed by atoms with Crippen LogP contribution in [0.3, 0.4) is 0 Å². The lowest BCUT2D eigenvalue weighted by molar-refractivity contribution is 0.00578. The Bertz CT molecular complexity index is 1230. The van der Waals surface area contributed by atoms with Gasteiger partial charge in [0.15, 0.2) is 0 Å². The Morgan fingerprint density at radius 2 is 1.23 bits per heavy atom. The van der Waals surface area contributed by atoms with Crippen LogP contribution in [0, 0.1) is 5.82 Å². The van der Waals surface area contributed by atoms with Gasteiger partial charge < -0.3 is 23.7 Å². The van der Waals surface area contributed by atoms with Gasteiger partial charge in [-0.05, 0) is 80.7 Å². The second kappa shape index (κ2) is 10.8. The largest absolute Gasteiger partial charge is 0.497 e. The van der Waals surface area contributed by atoms with E-state index < -0.39 is 35.6 Å². The number of ether oxygens (including phenoxy) is 2. The van der Waals surface area contributed by atoms with E-state index in [4.69, 9.17) is 18.8 Å². The molecular weight excluding hydrogens is 506 g/mol. The van der Waals surface area contributed by atoms with Crippen LogP contribution in [0.25, 0.3) is 0 Å². The topological polar surface area (TPSA) is 40.2 Å². The third-order valence-electron chi connectivity index (χ3n) is 7.50. The maximum Gasteiger partial charge on any atom is 0.495 e. The molecule has 5 nitrogen and oxygen atoms in total. The summed E-state index contributed by atoms with van der Waals surface area (Å²) in [5.74, 6) is -2.67. The van der Waals surface area contributed by atoms with Crippen LogP contribution in [0.4, 0.5) is 18.9 Å². The van der Waals surface area contributed by atoms with Crippen LogP contribution >= 0.6 is 0 Å². The van der Waals surface area contributed by atoms with E-state index in [1.165, 1.54) is 6.07 Å². The van der Waals surface area contributed by atoms with Crippen LogP contribution in [0.5, 0.6) is 11.5 Å². The average molecular weight is 541 g/mol. The molecule has 3 aromatic rings. The maximum absolute atomic E-state index is 15.7. The fourth-order valence-corrected chi connectivity index (χ4v) is 4.49. The van der Waals surface area contributed by atoms with Crippen molar-refractivity contribution in [1.82, 2.24) is 0 Å². The summed E-state index contributed by atoms with van der Waals surface area (Å²) in [6.45, 7) is 8.78. The Morgan fingerprint density at radius 3 is 1.62 bits per heavy atom. The van der Waals surface area contributed by atoms with Gasteiger partial charge in [0.25, 0.3) is 5.92 Å². The van der Waals surface area contributed by atoms with E-state index in [1.807, 2.05) is 81.1 Å². The minimum absolute atomic E-state index is 0.104. The lowest BCUT2D eigenvalue weighted by Gasteiger charge is -2.32. The molecule has 0 atom stereocenters. The Balaban J connectivity index is 1.80. The monoisotopic (exact) mass is 541 g/mol. The Hall–Kier alpha value is -3.17. The first-order chi connectivity index (χ1) is 18.2. The van der Waals surface area contributed by atoms with Crippen LogP contribution in [0.1, 0.15) is 51.3 Å². The zero-order valence-electron chi connectivity index (χ0n) is 23.5. The van der Waals surface area contributed by atoms with Crippen molar-refractivity contribution in [2.24, 2.45) is 0 Å². The van der Waals surface area contributed by atoms with Gasteiger partial charge in [-0.15, -0.1) is 0 Å². The van der Waals surface area contributed by atoms with Gasteiger partial charge in [0.05, 0.1) is 31.1 Å². The van der Waals surface area contributed by atoms with Crippen LogP contribution in [0.2, 0.25) is 0 Å². The number of rotatable bonds is 9. The number of alkyl halides is 2. The van der Waals surface area contributed by atoms with Gasteiger partial charge in [-0.3, -0.25) is 0 Å². The number of methoxy groups -OCH3 is 2. The molecule has 9 heteroatoms. The number of hydrogen-bond donors (Lipinski definition) is 0. The van der Waals surface area contributed by atoms with E-state index in [2.05, 4.69) is 0 Å². The molecule has 1 heterocycles. The molecule has 0 unspecified atom stereocenters. The molecule has 39 heavy (non-hydrogen) atoms. The highest BCUT2D eigenvalue weighted by Crippen LogP contribution is 2.39. The van der Waals surface area contributed by atoms with E-state index >= 15 is 4.39 Å². The second-order valence-electron chi connectivity index (χ2n) is 10.9. The van der Waals surface area contributed by atoms with Gasteiger partial charge in [-0.2, -0.15) is 0 Å². The van der Waals surface area contributed by atoms with Crippen LogP contribution in [-0.4, -0.2) is 32.5 Å². The molecule has 4 rings (SSSR count). The predicted octanol–water partition coefficient (Wildman–Crippen LogP) is 6.46. The van der Waals surface area contributed by atoms with Crippen molar-refractivity contribution in [2.45, 2.75) is 64.8 Å². The van der Waals surface area contributed by atoms with Crippen LogP contribution in [0.15, 0.2) is 60.7 Å². The molecule has 0 radical (unpaired) electrons. The van der Waals surface area contributed by atoms with Crippen molar-refractivity contribution in [3.63, 3.8) is 0 Å². The van der Waals surface area contributed by atoms with Crippen molar-refractivity contribution in [3.05, 3.63) is 83.2 Å². The molecular formula is C30H35BF3NO4. The van der Waals surface area contributed by atoms with Gasteiger partial charge in [0.2, 0.25) is 0 Å². The molecule has 208 valence electrons. The van der Waals surface area contributed by atoms with E-state index in [9.17, 15) is 8.78 Å². The predicted molar refractivity (Wildman–Crippen MR) is 148 cm³/mol. The number of hydrogen-bond acceptors (Lipinski definition) is 5. The summed E-state index contributed by atoms with van der Waals surface area (Å²) in [6.07, 6.45) is 0. The van der Waals surface area contributed by atoms with Crippen molar-refractivity contribution in [2.75, 3.05) is 19.1 Å². The summed E-state index contributed by atoms with van der Waals surface area (Å²) in [7, 11) is 2.09. The van der Waals surface area contributed by atoms with E-state index in [1.54, 1.807) is 14.2 Å². The summed E-state index contributed by atoms with van der Waals surface area (Å²) in [5.41, 5.74) is 0.0931. The highest BCUT2D eigenvalue weighted by molar-refractivity contribution is 6.62. The Morgan fingerprint density at radius 1 is 0.795 bits per heavy atom. The van der Waals surface area contributed by atoms with Gasteiger partial charge in [0, 0.05) is 25.6 Å². The van der Waals surface area contributed by atoms with E-state index in [0.717, 1.165) is 24.1 Å². The minimum atomic E-state index is -3.31. The van der Waals surface area contributed by atoms with Gasteiger partial charge in [-0.1, -0.05) is 24.3 Å². The smallest absolute Gasteiger partial charge is 0.495 e. The molecule has 1 aliphatic rings. The molecule has 1 aliphatic heterocycles. The van der Waals surface area contributed by atoms with E-state index in [-0.39, 0.29) is 11.2 Å².